The van der Waals surface area contributed by atoms with E-state index in [0.29, 0.717) is 57.7 Å². The normalized spacial score (nSPS) is 13.9. The Labute approximate surface area is 235 Å². The Morgan fingerprint density at radius 2 is 1.78 bits per heavy atom. The Hall–Kier alpha value is -5.18. The van der Waals surface area contributed by atoms with Gasteiger partial charge in [0.25, 0.3) is 11.8 Å². The molecule has 0 unspecified atom stereocenters. The van der Waals surface area contributed by atoms with Gasteiger partial charge < -0.3 is 24.9 Å². The maximum absolute atomic E-state index is 13.6. The Bertz CT molecular complexity index is 1730. The summed E-state index contributed by atoms with van der Waals surface area (Å²) in [5, 5.41) is 16.9. The van der Waals surface area contributed by atoms with E-state index in [1.807, 2.05) is 0 Å². The number of phenolic OH excluding ortho intramolecular Hbond substituents is 1. The monoisotopic (exact) mass is 553 g/mol. The zero-order valence-electron chi connectivity index (χ0n) is 22.6. The summed E-state index contributed by atoms with van der Waals surface area (Å²) in [5.74, 6) is -0.919. The molecule has 2 amide bonds. The van der Waals surface area contributed by atoms with Gasteiger partial charge in [-0.1, -0.05) is 19.2 Å². The first-order valence-corrected chi connectivity index (χ1v) is 12.8. The van der Waals surface area contributed by atoms with Crippen LogP contribution in [0.1, 0.15) is 33.6 Å². The average Bonchev–Trinajstić information content (AvgIpc) is 3.65. The fourth-order valence-corrected chi connectivity index (χ4v) is 4.89. The number of furan rings is 1. The van der Waals surface area contributed by atoms with E-state index in [2.05, 4.69) is 28.8 Å². The van der Waals surface area contributed by atoms with Gasteiger partial charge >= 0.3 is 0 Å². The van der Waals surface area contributed by atoms with Crippen molar-refractivity contribution in [3.8, 4) is 33.9 Å². The molecule has 1 saturated carbocycles. The summed E-state index contributed by atoms with van der Waals surface area (Å²) in [4.78, 5) is 30.6. The number of nitrogens with zero attached hydrogens (tertiary/aromatic N) is 1. The molecule has 0 bridgehead atoms. The fourth-order valence-electron chi connectivity index (χ4n) is 4.89. The van der Waals surface area contributed by atoms with E-state index in [1.165, 1.54) is 38.6 Å². The van der Waals surface area contributed by atoms with E-state index in [0.717, 1.165) is 0 Å². The number of carbonyl (C=O) groups excluding carboxylic acids is 2. The number of methoxy groups -OCH3 is 1. The number of carbonyl (C=O) groups is 2. The van der Waals surface area contributed by atoms with E-state index in [-0.39, 0.29) is 22.8 Å². The number of hydrogen-bond acceptors (Lipinski definition) is 6. The molecule has 208 valence electrons. The van der Waals surface area contributed by atoms with Crippen molar-refractivity contribution in [3.05, 3.63) is 97.0 Å². The second-order valence-electron chi connectivity index (χ2n) is 9.61. The molecule has 0 saturated heterocycles. The van der Waals surface area contributed by atoms with Gasteiger partial charge in [-0.2, -0.15) is 0 Å². The molecule has 4 aromatic rings. The number of aromatic hydroxyl groups is 1. The van der Waals surface area contributed by atoms with Gasteiger partial charge in [0.05, 0.1) is 29.5 Å². The van der Waals surface area contributed by atoms with Crippen LogP contribution in [-0.2, 0) is 0 Å². The number of phenols is 1. The van der Waals surface area contributed by atoms with Crippen molar-refractivity contribution in [2.45, 2.75) is 18.4 Å². The highest BCUT2D eigenvalue weighted by Crippen LogP contribution is 2.42. The molecule has 0 spiro atoms. The van der Waals surface area contributed by atoms with Crippen LogP contribution in [0.2, 0.25) is 0 Å². The zero-order chi connectivity index (χ0) is 29.3. The van der Waals surface area contributed by atoms with E-state index in [4.69, 9.17) is 9.15 Å². The highest BCUT2D eigenvalue weighted by molar-refractivity contribution is 6.12. The van der Waals surface area contributed by atoms with Gasteiger partial charge in [-0.15, -0.1) is 0 Å². The standard InChI is InChI=1S/C32H28FN3O5/c1-5-27(35-6-2)32(13-14-32)36-30(38)22-16-21(26(40-4)17-24(22)37)19-9-12-25-23(15-19)28(31(39)34-3)29(41-25)18-7-10-20(33)11-8-18/h5-12,15-17,37H,1-2,13-14H2,3-4H3,(H,34,39)(H,36,38)/b35-27+. The van der Waals surface area contributed by atoms with Crippen molar-refractivity contribution >= 4 is 28.5 Å². The van der Waals surface area contributed by atoms with Crippen LogP contribution >= 0.6 is 0 Å². The van der Waals surface area contributed by atoms with Gasteiger partial charge in [-0.05, 0) is 66.9 Å². The van der Waals surface area contributed by atoms with Gasteiger partial charge in [-0.25, -0.2) is 4.39 Å². The molecular weight excluding hydrogens is 525 g/mol. The maximum atomic E-state index is 13.6. The van der Waals surface area contributed by atoms with E-state index >= 15 is 0 Å². The molecule has 3 aromatic carbocycles. The SMILES string of the molecule is C=C/N=C(\C=C)C1(NC(=O)c2cc(-c3ccc4oc(-c5ccc(F)cc5)c(C(=O)NC)c4c3)c(OC)cc2O)CC1. The number of fused-ring (bicyclic) bond motifs is 1. The van der Waals surface area contributed by atoms with Crippen molar-refractivity contribution in [3.63, 3.8) is 0 Å². The Morgan fingerprint density at radius 3 is 2.39 bits per heavy atom. The molecular formula is C32H28FN3O5. The lowest BCUT2D eigenvalue weighted by molar-refractivity contribution is 0.0938. The van der Waals surface area contributed by atoms with Crippen LogP contribution in [0.3, 0.4) is 0 Å². The lowest BCUT2D eigenvalue weighted by Gasteiger charge is -2.19. The predicted molar refractivity (Wildman–Crippen MR) is 156 cm³/mol. The van der Waals surface area contributed by atoms with Crippen molar-refractivity contribution in [1.29, 1.82) is 0 Å². The molecule has 0 aliphatic heterocycles. The predicted octanol–water partition coefficient (Wildman–Crippen LogP) is 6.01. The van der Waals surface area contributed by atoms with Crippen molar-refractivity contribution in [2.75, 3.05) is 14.2 Å². The first kappa shape index (κ1) is 27.4. The molecule has 9 heteroatoms. The minimum absolute atomic E-state index is 0.0416. The van der Waals surface area contributed by atoms with E-state index in [9.17, 15) is 19.1 Å². The summed E-state index contributed by atoms with van der Waals surface area (Å²) in [6.07, 6.45) is 4.33. The number of nitrogens with one attached hydrogen (secondary N) is 2. The molecule has 1 fully saturated rings. The van der Waals surface area contributed by atoms with Crippen LogP contribution in [0, 0.1) is 5.82 Å². The summed E-state index contributed by atoms with van der Waals surface area (Å²) in [6.45, 7) is 7.41. The number of rotatable bonds is 9. The number of amides is 2. The summed E-state index contributed by atoms with van der Waals surface area (Å²) in [5.41, 5.74) is 2.35. The molecule has 1 aromatic heterocycles. The molecule has 0 atom stereocenters. The quantitative estimate of drug-likeness (QED) is 0.220. The molecule has 5 rings (SSSR count). The Kier molecular flexibility index (Phi) is 7.19. The van der Waals surface area contributed by atoms with Gasteiger partial charge in [0, 0.05) is 35.8 Å². The maximum Gasteiger partial charge on any atom is 0.255 e. The minimum Gasteiger partial charge on any atom is -0.507 e. The summed E-state index contributed by atoms with van der Waals surface area (Å²) in [7, 11) is 2.97. The zero-order valence-corrected chi connectivity index (χ0v) is 22.6. The molecule has 8 nitrogen and oxygen atoms in total. The van der Waals surface area contributed by atoms with E-state index < -0.39 is 17.3 Å². The van der Waals surface area contributed by atoms with Crippen LogP contribution in [-0.4, -0.2) is 42.3 Å². The highest BCUT2D eigenvalue weighted by Gasteiger charge is 2.48. The van der Waals surface area contributed by atoms with Crippen LogP contribution < -0.4 is 15.4 Å². The number of hydrogen-bond donors (Lipinski definition) is 3. The first-order chi connectivity index (χ1) is 19.7. The molecule has 3 N–H and O–H groups in total. The summed E-state index contributed by atoms with van der Waals surface area (Å²) >= 11 is 0. The van der Waals surface area contributed by atoms with Crippen molar-refractivity contribution in [2.24, 2.45) is 4.99 Å². The van der Waals surface area contributed by atoms with E-state index in [1.54, 1.807) is 42.5 Å². The van der Waals surface area contributed by atoms with Crippen molar-refractivity contribution < 1.29 is 28.2 Å². The first-order valence-electron chi connectivity index (χ1n) is 12.8. The Balaban J connectivity index is 1.61. The number of ether oxygens (including phenoxy) is 1. The van der Waals surface area contributed by atoms with Gasteiger partial charge in [0.1, 0.15) is 28.7 Å². The Morgan fingerprint density at radius 1 is 1.07 bits per heavy atom. The highest BCUT2D eigenvalue weighted by atomic mass is 19.1. The van der Waals surface area contributed by atoms with Gasteiger partial charge in [0.15, 0.2) is 0 Å². The van der Waals surface area contributed by atoms with Crippen LogP contribution in [0.4, 0.5) is 4.39 Å². The smallest absolute Gasteiger partial charge is 0.255 e. The van der Waals surface area contributed by atoms with Crippen LogP contribution in [0.25, 0.3) is 33.4 Å². The second-order valence-corrected chi connectivity index (χ2v) is 9.61. The van der Waals surface area contributed by atoms with Gasteiger partial charge in [0.2, 0.25) is 0 Å². The number of halogens is 1. The molecule has 0 radical (unpaired) electrons. The molecule has 1 aliphatic carbocycles. The third kappa shape index (κ3) is 4.98. The summed E-state index contributed by atoms with van der Waals surface area (Å²) < 4.78 is 25.2. The van der Waals surface area contributed by atoms with Crippen molar-refractivity contribution in [1.82, 2.24) is 10.6 Å². The topological polar surface area (TPSA) is 113 Å². The van der Waals surface area contributed by atoms with Crippen LogP contribution in [0.15, 0.2) is 89.4 Å². The average molecular weight is 554 g/mol. The lowest BCUT2D eigenvalue weighted by Crippen LogP contribution is -2.42. The number of aliphatic imine (C=N–C) groups is 1. The third-order valence-electron chi connectivity index (χ3n) is 7.14. The molecule has 41 heavy (non-hydrogen) atoms. The second kappa shape index (κ2) is 10.8. The third-order valence-corrected chi connectivity index (χ3v) is 7.14. The number of benzene rings is 3. The van der Waals surface area contributed by atoms with Gasteiger partial charge in [-0.3, -0.25) is 14.6 Å². The largest absolute Gasteiger partial charge is 0.507 e. The molecule has 1 aliphatic rings. The lowest BCUT2D eigenvalue weighted by atomic mass is 9.97. The molecule has 1 heterocycles. The van der Waals surface area contributed by atoms with Crippen LogP contribution in [0.5, 0.6) is 11.5 Å². The summed E-state index contributed by atoms with van der Waals surface area (Å²) in [6, 6.07) is 13.8. The fraction of sp³-hybridized carbons (Fsp3) is 0.156. The minimum atomic E-state index is -0.672.